The summed E-state index contributed by atoms with van der Waals surface area (Å²) in [5.41, 5.74) is -0.739. The maximum atomic E-state index is 13.1. The third-order valence-electron chi connectivity index (χ3n) is 5.21. The summed E-state index contributed by atoms with van der Waals surface area (Å²) in [5.74, 6) is 0.553. The summed E-state index contributed by atoms with van der Waals surface area (Å²) >= 11 is 0. The summed E-state index contributed by atoms with van der Waals surface area (Å²) in [5, 5.41) is -4.56. The molecule has 4 rings (SSSR count). The Bertz CT molecular complexity index is 527. The molecule has 0 heterocycles. The van der Waals surface area contributed by atoms with Crippen molar-refractivity contribution in [2.24, 2.45) is 23.2 Å². The molecule has 4 fully saturated rings. The van der Waals surface area contributed by atoms with E-state index >= 15 is 0 Å². The van der Waals surface area contributed by atoms with Crippen LogP contribution in [0.25, 0.3) is 0 Å². The molecule has 0 saturated heterocycles. The molecule has 0 amide bonds. The first kappa shape index (κ1) is 18.6. The maximum absolute atomic E-state index is 13.1. The van der Waals surface area contributed by atoms with Gasteiger partial charge in [0.2, 0.25) is 0 Å². The van der Waals surface area contributed by atoms with E-state index in [1.165, 1.54) is 0 Å². The van der Waals surface area contributed by atoms with E-state index in [4.69, 9.17) is 0 Å². The molecule has 22 heavy (non-hydrogen) atoms. The van der Waals surface area contributed by atoms with Crippen molar-refractivity contribution < 1.29 is 60.8 Å². The topological polar surface area (TPSA) is 83.5 Å². The van der Waals surface area contributed by atoms with Gasteiger partial charge in [0.05, 0.1) is 5.41 Å². The van der Waals surface area contributed by atoms with E-state index in [2.05, 4.69) is 4.74 Å². The Morgan fingerprint density at radius 3 is 1.91 bits per heavy atom. The van der Waals surface area contributed by atoms with Gasteiger partial charge in [0.25, 0.3) is 0 Å². The van der Waals surface area contributed by atoms with Crippen LogP contribution in [0.15, 0.2) is 0 Å². The number of carbonyl (C=O) groups excluding carboxylic acids is 1. The molecule has 4 aliphatic carbocycles. The summed E-state index contributed by atoms with van der Waals surface area (Å²) in [4.78, 5) is 12.2. The van der Waals surface area contributed by atoms with E-state index in [-0.39, 0.29) is 29.6 Å². The molecule has 120 valence electrons. The fraction of sp³-hybridized carbons (Fsp3) is 0.923. The minimum absolute atomic E-state index is 0. The van der Waals surface area contributed by atoms with E-state index < -0.39 is 33.4 Å². The molecule has 0 N–H and O–H groups in total. The maximum Gasteiger partial charge on any atom is 1.00 e. The fourth-order valence-electron chi connectivity index (χ4n) is 4.74. The van der Waals surface area contributed by atoms with Gasteiger partial charge in [-0.25, -0.2) is 8.42 Å². The molecule has 0 unspecified atom stereocenters. The van der Waals surface area contributed by atoms with Crippen LogP contribution in [-0.2, 0) is 19.6 Å². The van der Waals surface area contributed by atoms with Crippen molar-refractivity contribution in [3.8, 4) is 0 Å². The fourth-order valence-corrected chi connectivity index (χ4v) is 4.94. The number of alkyl halides is 2. The smallest absolute Gasteiger partial charge is 0.743 e. The van der Waals surface area contributed by atoms with Crippen LogP contribution in [0.1, 0.15) is 38.5 Å². The first-order valence-corrected chi connectivity index (χ1v) is 8.53. The number of rotatable bonds is 4. The van der Waals surface area contributed by atoms with Crippen molar-refractivity contribution in [3.05, 3.63) is 0 Å². The minimum atomic E-state index is -5.81. The third-order valence-corrected chi connectivity index (χ3v) is 6.06. The van der Waals surface area contributed by atoms with Crippen LogP contribution < -0.4 is 29.6 Å². The second kappa shape index (κ2) is 5.95. The molecule has 5 nitrogen and oxygen atoms in total. The number of halogens is 2. The second-order valence-electron chi connectivity index (χ2n) is 6.87. The number of hydrogen-bond donors (Lipinski definition) is 0. The Morgan fingerprint density at radius 1 is 1.14 bits per heavy atom. The quantitative estimate of drug-likeness (QED) is 0.366. The Balaban J connectivity index is 0.00000176. The zero-order chi connectivity index (χ0) is 15.5. The first-order valence-electron chi connectivity index (χ1n) is 7.12. The normalized spacial score (nSPS) is 36.8. The van der Waals surface area contributed by atoms with Crippen molar-refractivity contribution in [2.75, 3.05) is 6.61 Å². The molecule has 0 spiro atoms. The molecule has 0 radical (unpaired) electrons. The van der Waals surface area contributed by atoms with Gasteiger partial charge < -0.3 is 9.29 Å². The van der Waals surface area contributed by atoms with Crippen LogP contribution in [-0.4, -0.2) is 30.8 Å². The number of ether oxygens (including phenoxy) is 1. The predicted molar refractivity (Wildman–Crippen MR) is 66.2 cm³/mol. The largest absolute Gasteiger partial charge is 1.00 e. The van der Waals surface area contributed by atoms with Gasteiger partial charge in [-0.05, 0) is 56.3 Å². The second-order valence-corrected chi connectivity index (χ2v) is 8.37. The molecular formula is C13H17F2NaO5S. The summed E-state index contributed by atoms with van der Waals surface area (Å²) in [6, 6.07) is 0. The minimum Gasteiger partial charge on any atom is -0.743 e. The summed E-state index contributed by atoms with van der Waals surface area (Å²) in [6.07, 6.45) is 5.14. The molecule has 0 aromatic rings. The molecule has 0 aliphatic heterocycles. The molecule has 0 aromatic carbocycles. The summed E-state index contributed by atoms with van der Waals surface area (Å²) in [7, 11) is -5.81. The van der Waals surface area contributed by atoms with Crippen molar-refractivity contribution in [1.29, 1.82) is 0 Å². The van der Waals surface area contributed by atoms with Crippen LogP contribution in [0.2, 0.25) is 0 Å². The number of carbonyl (C=O) groups is 1. The van der Waals surface area contributed by atoms with E-state index in [0.29, 0.717) is 37.0 Å². The van der Waals surface area contributed by atoms with Crippen LogP contribution >= 0.6 is 0 Å². The van der Waals surface area contributed by atoms with Gasteiger partial charge >= 0.3 is 40.8 Å². The van der Waals surface area contributed by atoms with Crippen LogP contribution in [0.5, 0.6) is 0 Å². The Labute approximate surface area is 150 Å². The molecular weight excluding hydrogens is 329 g/mol. The van der Waals surface area contributed by atoms with Crippen molar-refractivity contribution in [2.45, 2.75) is 43.8 Å². The van der Waals surface area contributed by atoms with Gasteiger partial charge in [-0.3, -0.25) is 4.79 Å². The van der Waals surface area contributed by atoms with Crippen LogP contribution in [0.3, 0.4) is 0 Å². The van der Waals surface area contributed by atoms with Crippen LogP contribution in [0, 0.1) is 23.2 Å². The van der Waals surface area contributed by atoms with Crippen LogP contribution in [0.4, 0.5) is 8.78 Å². The summed E-state index contributed by atoms with van der Waals surface area (Å²) in [6.45, 7) is -1.68. The van der Waals surface area contributed by atoms with Gasteiger partial charge in [-0.1, -0.05) is 0 Å². The van der Waals surface area contributed by atoms with Gasteiger partial charge in [-0.2, -0.15) is 8.78 Å². The molecule has 4 aliphatic rings. The molecule has 0 aromatic heterocycles. The third kappa shape index (κ3) is 3.22. The molecule has 4 saturated carbocycles. The first-order chi connectivity index (χ1) is 9.61. The number of hydrogen-bond acceptors (Lipinski definition) is 5. The standard InChI is InChI=1S/C13H18F2O5S.Na/c14-13(15,21(17,18)19)7-20-11(16)12-4-8-1-9(5-12)3-10(2-8)6-12;/h8-10H,1-7H2,(H,17,18,19);/q;+1/p-1. The van der Waals surface area contributed by atoms with Crippen molar-refractivity contribution in [3.63, 3.8) is 0 Å². The Kier molecular flexibility index (Phi) is 5.02. The van der Waals surface area contributed by atoms with Gasteiger partial charge in [0.1, 0.15) is 0 Å². The zero-order valence-electron chi connectivity index (χ0n) is 12.4. The molecule has 4 bridgehead atoms. The van der Waals surface area contributed by atoms with E-state index in [0.717, 1.165) is 19.3 Å². The molecule has 0 atom stereocenters. The van der Waals surface area contributed by atoms with E-state index in [1.807, 2.05) is 0 Å². The van der Waals surface area contributed by atoms with E-state index in [1.54, 1.807) is 0 Å². The zero-order valence-corrected chi connectivity index (χ0v) is 15.2. The monoisotopic (exact) mass is 346 g/mol. The van der Waals surface area contributed by atoms with Gasteiger partial charge in [0.15, 0.2) is 16.7 Å². The van der Waals surface area contributed by atoms with Crippen molar-refractivity contribution in [1.82, 2.24) is 0 Å². The van der Waals surface area contributed by atoms with E-state index in [9.17, 15) is 26.5 Å². The van der Waals surface area contributed by atoms with Crippen molar-refractivity contribution >= 4 is 16.1 Å². The van der Waals surface area contributed by atoms with Gasteiger partial charge in [0, 0.05) is 0 Å². The average molecular weight is 346 g/mol. The summed E-state index contributed by atoms with van der Waals surface area (Å²) < 4.78 is 62.0. The number of esters is 1. The Hall–Kier alpha value is 0.240. The Morgan fingerprint density at radius 2 is 1.55 bits per heavy atom. The predicted octanol–water partition coefficient (Wildman–Crippen LogP) is -1.11. The average Bonchev–Trinajstić information content (AvgIpc) is 2.32. The SMILES string of the molecule is O=C(OCC(F)(F)S(=O)(=O)[O-])C12CC3CC(CC(C3)C1)C2.[Na+]. The van der Waals surface area contributed by atoms with Gasteiger partial charge in [-0.15, -0.1) is 0 Å². The molecule has 9 heteroatoms.